The van der Waals surface area contributed by atoms with Gasteiger partial charge in [0.2, 0.25) is 0 Å². The van der Waals surface area contributed by atoms with E-state index in [0.717, 1.165) is 0 Å². The summed E-state index contributed by atoms with van der Waals surface area (Å²) in [5, 5.41) is 8.44. The standard InChI is InChI=1S/C6H8N2O2.BF4/c1-2-7-3-4-8(5-7)6(9)10;2-1(3,4)5/h2-4H,1,5H2,(H,9,10);/q;-1. The van der Waals surface area contributed by atoms with Crippen molar-refractivity contribution >= 4 is 13.3 Å². The van der Waals surface area contributed by atoms with Gasteiger partial charge in [-0.15, -0.1) is 0 Å². The van der Waals surface area contributed by atoms with E-state index < -0.39 is 13.3 Å². The third-order valence-electron chi connectivity index (χ3n) is 1.23. The molecule has 1 heterocycles. The van der Waals surface area contributed by atoms with Crippen molar-refractivity contribution in [3.05, 3.63) is 25.2 Å². The van der Waals surface area contributed by atoms with Crippen LogP contribution in [0.4, 0.5) is 22.1 Å². The van der Waals surface area contributed by atoms with Gasteiger partial charge in [0.1, 0.15) is 6.67 Å². The summed E-state index contributed by atoms with van der Waals surface area (Å²) in [4.78, 5) is 13.1. The first-order chi connectivity index (χ1) is 6.74. The maximum absolute atomic E-state index is 10.3. The van der Waals surface area contributed by atoms with E-state index in [1.807, 2.05) is 0 Å². The van der Waals surface area contributed by atoms with E-state index in [4.69, 9.17) is 5.11 Å². The van der Waals surface area contributed by atoms with E-state index in [0.29, 0.717) is 6.67 Å². The molecule has 1 aliphatic rings. The van der Waals surface area contributed by atoms with Gasteiger partial charge in [0.05, 0.1) is 0 Å². The third-order valence-corrected chi connectivity index (χ3v) is 1.23. The number of hydrogen-bond donors (Lipinski definition) is 1. The topological polar surface area (TPSA) is 43.8 Å². The number of carbonyl (C=O) groups is 1. The van der Waals surface area contributed by atoms with Crippen molar-refractivity contribution in [2.75, 3.05) is 6.67 Å². The largest absolute Gasteiger partial charge is 0.673 e. The van der Waals surface area contributed by atoms with Crippen molar-refractivity contribution in [2.24, 2.45) is 0 Å². The number of amides is 1. The lowest BCUT2D eigenvalue weighted by Gasteiger charge is -2.12. The minimum atomic E-state index is -6.00. The van der Waals surface area contributed by atoms with Crippen LogP contribution in [0.3, 0.4) is 0 Å². The zero-order chi connectivity index (χ0) is 12.1. The van der Waals surface area contributed by atoms with Crippen LogP contribution in [0.15, 0.2) is 25.2 Å². The van der Waals surface area contributed by atoms with Crippen LogP contribution in [-0.2, 0) is 0 Å². The van der Waals surface area contributed by atoms with Crippen LogP contribution in [0, 0.1) is 0 Å². The molecule has 0 atom stereocenters. The second-order valence-corrected chi connectivity index (χ2v) is 2.38. The van der Waals surface area contributed by atoms with Crippen LogP contribution in [0.25, 0.3) is 0 Å². The van der Waals surface area contributed by atoms with Gasteiger partial charge in [0.15, 0.2) is 0 Å². The molecule has 15 heavy (non-hydrogen) atoms. The Kier molecular flexibility index (Phi) is 4.69. The molecule has 1 N–H and O–H groups in total. The summed E-state index contributed by atoms with van der Waals surface area (Å²) < 4.78 is 39.0. The number of hydrogen-bond acceptors (Lipinski definition) is 2. The summed E-state index contributed by atoms with van der Waals surface area (Å²) in [5.41, 5.74) is 0. The van der Waals surface area contributed by atoms with E-state index in [2.05, 4.69) is 6.58 Å². The Balaban J connectivity index is 0.000000336. The quantitative estimate of drug-likeness (QED) is 0.551. The molecule has 0 aromatic rings. The second kappa shape index (κ2) is 5.27. The zero-order valence-electron chi connectivity index (χ0n) is 7.49. The van der Waals surface area contributed by atoms with Gasteiger partial charge in [-0.3, -0.25) is 4.90 Å². The third kappa shape index (κ3) is 7.41. The Hall–Kier alpha value is -1.67. The smallest absolute Gasteiger partial charge is 0.465 e. The first-order valence-corrected chi connectivity index (χ1v) is 3.67. The zero-order valence-corrected chi connectivity index (χ0v) is 7.49. The lowest BCUT2D eigenvalue weighted by molar-refractivity contribution is 0.158. The molecule has 9 heteroatoms. The number of nitrogens with zero attached hydrogens (tertiary/aromatic N) is 2. The molecule has 0 aromatic carbocycles. The van der Waals surface area contributed by atoms with Gasteiger partial charge < -0.3 is 27.3 Å². The number of halogens is 4. The number of rotatable bonds is 1. The monoisotopic (exact) mass is 227 g/mol. The Morgan fingerprint density at radius 1 is 1.40 bits per heavy atom. The molecular formula is C6H8BF4N2O2-. The Morgan fingerprint density at radius 2 is 1.87 bits per heavy atom. The van der Waals surface area contributed by atoms with Gasteiger partial charge in [-0.2, -0.15) is 0 Å². The molecule has 1 amide bonds. The Labute approximate surface area is 83.2 Å². The Morgan fingerprint density at radius 3 is 2.07 bits per heavy atom. The van der Waals surface area contributed by atoms with Crippen molar-refractivity contribution < 1.29 is 27.2 Å². The fourth-order valence-electron chi connectivity index (χ4n) is 0.679. The van der Waals surface area contributed by atoms with Crippen LogP contribution in [0.2, 0.25) is 0 Å². The van der Waals surface area contributed by atoms with E-state index in [9.17, 15) is 22.1 Å². The Bertz CT molecular complexity index is 262. The van der Waals surface area contributed by atoms with E-state index >= 15 is 0 Å². The summed E-state index contributed by atoms with van der Waals surface area (Å²) in [6.07, 6.45) is 3.77. The second-order valence-electron chi connectivity index (χ2n) is 2.38. The van der Waals surface area contributed by atoms with Gasteiger partial charge in [-0.25, -0.2) is 4.79 Å². The molecule has 0 unspecified atom stereocenters. The van der Waals surface area contributed by atoms with Gasteiger partial charge in [-0.05, 0) is 6.20 Å². The van der Waals surface area contributed by atoms with Crippen molar-refractivity contribution in [2.45, 2.75) is 0 Å². The molecule has 0 spiro atoms. The summed E-state index contributed by atoms with van der Waals surface area (Å²) >= 11 is 0. The lowest BCUT2D eigenvalue weighted by Crippen LogP contribution is -2.26. The maximum Gasteiger partial charge on any atom is 0.673 e. The minimum Gasteiger partial charge on any atom is -0.465 e. The molecule has 0 radical (unpaired) electrons. The predicted molar refractivity (Wildman–Crippen MR) is 46.1 cm³/mol. The fourth-order valence-corrected chi connectivity index (χ4v) is 0.679. The van der Waals surface area contributed by atoms with E-state index in [1.54, 1.807) is 17.3 Å². The molecule has 86 valence electrons. The molecule has 0 saturated carbocycles. The fraction of sp³-hybridized carbons (Fsp3) is 0.167. The summed E-state index contributed by atoms with van der Waals surface area (Å²) in [5.74, 6) is 0. The molecule has 4 nitrogen and oxygen atoms in total. The highest BCUT2D eigenvalue weighted by molar-refractivity contribution is 6.50. The predicted octanol–water partition coefficient (Wildman–Crippen LogP) is 2.15. The first-order valence-electron chi connectivity index (χ1n) is 3.67. The summed E-state index contributed by atoms with van der Waals surface area (Å²) in [7, 11) is -6.00. The molecular weight excluding hydrogens is 219 g/mol. The SMILES string of the molecule is C=CN1C=CN(C(=O)O)C1.F[B-](F)(F)F. The van der Waals surface area contributed by atoms with Gasteiger partial charge in [0.25, 0.3) is 0 Å². The summed E-state index contributed by atoms with van der Waals surface area (Å²) in [6, 6.07) is 0. The maximum atomic E-state index is 10.3. The van der Waals surface area contributed by atoms with Gasteiger partial charge >= 0.3 is 13.3 Å². The van der Waals surface area contributed by atoms with Gasteiger partial charge in [0, 0.05) is 12.4 Å². The highest BCUT2D eigenvalue weighted by Crippen LogP contribution is 2.06. The molecule has 0 bridgehead atoms. The molecule has 1 rings (SSSR count). The average Bonchev–Trinajstić information content (AvgIpc) is 2.48. The van der Waals surface area contributed by atoms with E-state index in [1.165, 1.54) is 11.1 Å². The molecule has 1 aliphatic heterocycles. The van der Waals surface area contributed by atoms with Crippen molar-refractivity contribution in [3.8, 4) is 0 Å². The molecule has 0 saturated heterocycles. The molecule has 0 aliphatic carbocycles. The summed E-state index contributed by atoms with van der Waals surface area (Å²) in [6.45, 7) is 3.84. The minimum absolute atomic E-state index is 0.346. The highest BCUT2D eigenvalue weighted by atomic mass is 19.5. The molecule has 0 fully saturated rings. The normalized spacial score (nSPS) is 14.7. The van der Waals surface area contributed by atoms with Crippen LogP contribution in [0.1, 0.15) is 0 Å². The van der Waals surface area contributed by atoms with Crippen LogP contribution in [0.5, 0.6) is 0 Å². The lowest BCUT2D eigenvalue weighted by atomic mass is 10.3. The van der Waals surface area contributed by atoms with Crippen molar-refractivity contribution in [1.82, 2.24) is 9.80 Å². The van der Waals surface area contributed by atoms with Crippen LogP contribution in [-0.4, -0.2) is 34.9 Å². The van der Waals surface area contributed by atoms with E-state index in [-0.39, 0.29) is 0 Å². The van der Waals surface area contributed by atoms with Crippen molar-refractivity contribution in [1.29, 1.82) is 0 Å². The van der Waals surface area contributed by atoms with Gasteiger partial charge in [-0.1, -0.05) is 6.58 Å². The molecule has 0 aromatic heterocycles. The average molecular weight is 227 g/mol. The van der Waals surface area contributed by atoms with Crippen molar-refractivity contribution in [3.63, 3.8) is 0 Å². The van der Waals surface area contributed by atoms with Crippen LogP contribution < -0.4 is 0 Å². The highest BCUT2D eigenvalue weighted by Gasteiger charge is 2.20. The first kappa shape index (κ1) is 13.3. The number of carboxylic acid groups (broad SMARTS) is 1. The van der Waals surface area contributed by atoms with Crippen LogP contribution >= 0.6 is 0 Å².